The Bertz CT molecular complexity index is 716. The van der Waals surface area contributed by atoms with Crippen molar-refractivity contribution in [3.8, 4) is 0 Å². The van der Waals surface area contributed by atoms with Crippen LogP contribution in [0.25, 0.3) is 0 Å². The van der Waals surface area contributed by atoms with E-state index in [1.165, 1.54) is 11.3 Å². The molecule has 0 aromatic carbocycles. The fourth-order valence-electron chi connectivity index (χ4n) is 4.50. The van der Waals surface area contributed by atoms with Crippen LogP contribution in [-0.4, -0.2) is 83.7 Å². The molecule has 3 fully saturated rings. The number of anilines is 1. The summed E-state index contributed by atoms with van der Waals surface area (Å²) in [5.41, 5.74) is 0.0801. The SMILES string of the molecule is CCc1nnc(N2CC(C(=O)N3CCN(C)C4(CCNCC4)C3)CC2=O)s1. The Hall–Kier alpha value is -1.58. The number of rotatable bonds is 3. The van der Waals surface area contributed by atoms with Crippen LogP contribution in [0.4, 0.5) is 5.13 Å². The summed E-state index contributed by atoms with van der Waals surface area (Å²) in [6.07, 6.45) is 3.21. The minimum atomic E-state index is -0.270. The molecular formula is C18H28N6O2S. The van der Waals surface area contributed by atoms with E-state index in [9.17, 15) is 9.59 Å². The second-order valence-electron chi connectivity index (χ2n) is 7.89. The Balaban J connectivity index is 1.44. The second-order valence-corrected chi connectivity index (χ2v) is 8.93. The maximum absolute atomic E-state index is 13.2. The molecule has 0 radical (unpaired) electrons. The number of nitrogens with one attached hydrogen (secondary N) is 1. The van der Waals surface area contributed by atoms with Gasteiger partial charge >= 0.3 is 0 Å². The quantitative estimate of drug-likeness (QED) is 0.799. The first-order valence-electron chi connectivity index (χ1n) is 9.86. The zero-order valence-electron chi connectivity index (χ0n) is 16.1. The van der Waals surface area contributed by atoms with Crippen LogP contribution in [0.2, 0.25) is 0 Å². The van der Waals surface area contributed by atoms with Gasteiger partial charge < -0.3 is 10.2 Å². The number of piperazine rings is 1. The van der Waals surface area contributed by atoms with Crippen molar-refractivity contribution in [2.75, 3.05) is 51.2 Å². The molecule has 1 aromatic heterocycles. The topological polar surface area (TPSA) is 81.7 Å². The van der Waals surface area contributed by atoms with Gasteiger partial charge in [0.25, 0.3) is 0 Å². The normalized spacial score (nSPS) is 26.1. The summed E-state index contributed by atoms with van der Waals surface area (Å²) in [6, 6.07) is 0. The third-order valence-corrected chi connectivity index (χ3v) is 7.40. The summed E-state index contributed by atoms with van der Waals surface area (Å²) < 4.78 is 0. The van der Waals surface area contributed by atoms with Gasteiger partial charge in [-0.3, -0.25) is 19.4 Å². The number of nitrogens with zero attached hydrogens (tertiary/aromatic N) is 5. The third-order valence-electron chi connectivity index (χ3n) is 6.31. The molecule has 148 valence electrons. The van der Waals surface area contributed by atoms with E-state index in [4.69, 9.17) is 0 Å². The summed E-state index contributed by atoms with van der Waals surface area (Å²) in [4.78, 5) is 31.8. The van der Waals surface area contributed by atoms with Gasteiger partial charge in [-0.05, 0) is 39.4 Å². The van der Waals surface area contributed by atoms with Crippen molar-refractivity contribution in [1.82, 2.24) is 25.3 Å². The Morgan fingerprint density at radius 2 is 2.07 bits per heavy atom. The Morgan fingerprint density at radius 1 is 1.30 bits per heavy atom. The molecule has 3 saturated heterocycles. The molecule has 4 heterocycles. The molecule has 0 aliphatic carbocycles. The van der Waals surface area contributed by atoms with Crippen LogP contribution < -0.4 is 10.2 Å². The Kier molecular flexibility index (Phi) is 5.17. The minimum absolute atomic E-state index is 0.0159. The molecule has 1 atom stereocenters. The summed E-state index contributed by atoms with van der Waals surface area (Å²) in [7, 11) is 2.18. The molecular weight excluding hydrogens is 364 g/mol. The predicted octanol–water partition coefficient (Wildman–Crippen LogP) is 0.350. The van der Waals surface area contributed by atoms with Crippen LogP contribution in [0.5, 0.6) is 0 Å². The second kappa shape index (κ2) is 7.44. The standard InChI is InChI=1S/C18H28N6O2S/c1-3-14-20-21-17(27-14)24-11-13(10-15(24)25)16(26)23-9-8-22(2)18(12-23)4-6-19-7-5-18/h13,19H,3-12H2,1-2H3. The number of amides is 2. The van der Waals surface area contributed by atoms with Crippen LogP contribution in [0.15, 0.2) is 0 Å². The Labute approximate surface area is 163 Å². The molecule has 1 aromatic rings. The molecule has 1 N–H and O–H groups in total. The molecule has 9 heteroatoms. The average molecular weight is 393 g/mol. The highest BCUT2D eigenvalue weighted by Gasteiger charge is 2.45. The zero-order chi connectivity index (χ0) is 19.0. The molecule has 3 aliphatic rings. The van der Waals surface area contributed by atoms with E-state index in [2.05, 4.69) is 27.5 Å². The van der Waals surface area contributed by atoms with Gasteiger partial charge in [-0.25, -0.2) is 0 Å². The molecule has 2 amide bonds. The van der Waals surface area contributed by atoms with Gasteiger partial charge in [0.2, 0.25) is 16.9 Å². The molecule has 27 heavy (non-hydrogen) atoms. The van der Waals surface area contributed by atoms with Gasteiger partial charge in [-0.15, -0.1) is 10.2 Å². The van der Waals surface area contributed by atoms with Crippen LogP contribution in [0.3, 0.4) is 0 Å². The molecule has 4 rings (SSSR count). The van der Waals surface area contributed by atoms with E-state index in [1.54, 1.807) is 4.90 Å². The van der Waals surface area contributed by atoms with Crippen molar-refractivity contribution in [3.05, 3.63) is 5.01 Å². The van der Waals surface area contributed by atoms with Gasteiger partial charge in [0, 0.05) is 38.1 Å². The monoisotopic (exact) mass is 392 g/mol. The predicted molar refractivity (Wildman–Crippen MR) is 104 cm³/mol. The van der Waals surface area contributed by atoms with E-state index >= 15 is 0 Å². The van der Waals surface area contributed by atoms with E-state index in [0.717, 1.165) is 57.0 Å². The van der Waals surface area contributed by atoms with Crippen LogP contribution in [-0.2, 0) is 16.0 Å². The number of hydrogen-bond acceptors (Lipinski definition) is 7. The Morgan fingerprint density at radius 3 is 2.78 bits per heavy atom. The molecule has 1 unspecified atom stereocenters. The van der Waals surface area contributed by atoms with Gasteiger partial charge in [-0.2, -0.15) is 0 Å². The van der Waals surface area contributed by atoms with Gasteiger partial charge in [-0.1, -0.05) is 18.3 Å². The van der Waals surface area contributed by atoms with Gasteiger partial charge in [0.05, 0.1) is 5.92 Å². The summed E-state index contributed by atoms with van der Waals surface area (Å²) in [5, 5.41) is 13.2. The lowest BCUT2D eigenvalue weighted by Crippen LogP contribution is -2.65. The van der Waals surface area contributed by atoms with Crippen molar-refractivity contribution in [2.24, 2.45) is 5.92 Å². The number of likely N-dealkylation sites (N-methyl/N-ethyl adjacent to an activating group) is 1. The van der Waals surface area contributed by atoms with Gasteiger partial charge in [0.15, 0.2) is 0 Å². The van der Waals surface area contributed by atoms with Gasteiger partial charge in [0.1, 0.15) is 5.01 Å². The zero-order valence-corrected chi connectivity index (χ0v) is 16.9. The lowest BCUT2D eigenvalue weighted by Gasteiger charge is -2.51. The first-order valence-corrected chi connectivity index (χ1v) is 10.7. The van der Waals surface area contributed by atoms with E-state index in [1.807, 2.05) is 11.8 Å². The summed E-state index contributed by atoms with van der Waals surface area (Å²) in [6.45, 7) is 6.86. The maximum atomic E-state index is 13.2. The van der Waals surface area contributed by atoms with E-state index in [-0.39, 0.29) is 29.7 Å². The fourth-order valence-corrected chi connectivity index (χ4v) is 5.30. The number of aromatic nitrogens is 2. The molecule has 3 aliphatic heterocycles. The molecule has 0 bridgehead atoms. The third kappa shape index (κ3) is 3.48. The average Bonchev–Trinajstić information content (AvgIpc) is 3.30. The van der Waals surface area contributed by atoms with E-state index < -0.39 is 0 Å². The number of hydrogen-bond donors (Lipinski definition) is 1. The first kappa shape index (κ1) is 18.8. The highest BCUT2D eigenvalue weighted by atomic mass is 32.1. The van der Waals surface area contributed by atoms with Crippen molar-refractivity contribution < 1.29 is 9.59 Å². The van der Waals surface area contributed by atoms with Crippen LogP contribution >= 0.6 is 11.3 Å². The largest absolute Gasteiger partial charge is 0.339 e. The van der Waals surface area contributed by atoms with Crippen molar-refractivity contribution >= 4 is 28.3 Å². The highest BCUT2D eigenvalue weighted by Crippen LogP contribution is 2.32. The number of piperidine rings is 1. The number of aryl methyl sites for hydroxylation is 1. The lowest BCUT2D eigenvalue weighted by molar-refractivity contribution is -0.141. The van der Waals surface area contributed by atoms with Crippen molar-refractivity contribution in [1.29, 1.82) is 0 Å². The summed E-state index contributed by atoms with van der Waals surface area (Å²) >= 11 is 1.45. The van der Waals surface area contributed by atoms with Crippen molar-refractivity contribution in [2.45, 2.75) is 38.1 Å². The molecule has 1 spiro atoms. The fraction of sp³-hybridized carbons (Fsp3) is 0.778. The van der Waals surface area contributed by atoms with Crippen LogP contribution in [0.1, 0.15) is 31.2 Å². The summed E-state index contributed by atoms with van der Waals surface area (Å²) in [5.74, 6) is -0.163. The lowest BCUT2D eigenvalue weighted by atomic mass is 9.84. The molecule has 0 saturated carbocycles. The highest BCUT2D eigenvalue weighted by molar-refractivity contribution is 7.15. The molecule has 8 nitrogen and oxygen atoms in total. The number of carbonyl (C=O) groups excluding carboxylic acids is 2. The maximum Gasteiger partial charge on any atom is 0.229 e. The number of carbonyl (C=O) groups is 2. The minimum Gasteiger partial charge on any atom is -0.339 e. The first-order chi connectivity index (χ1) is 13.0. The van der Waals surface area contributed by atoms with Crippen LogP contribution in [0, 0.1) is 5.92 Å². The van der Waals surface area contributed by atoms with Crippen molar-refractivity contribution in [3.63, 3.8) is 0 Å². The smallest absolute Gasteiger partial charge is 0.229 e. The van der Waals surface area contributed by atoms with E-state index in [0.29, 0.717) is 11.7 Å².